The molecule has 0 N–H and O–H groups in total. The number of rotatable bonds is 4. The molecule has 24 heavy (non-hydrogen) atoms. The van der Waals surface area contributed by atoms with E-state index in [1.807, 2.05) is 44.2 Å². The summed E-state index contributed by atoms with van der Waals surface area (Å²) in [5, 5.41) is 0. The molecular formula is C19H22N2O3. The third-order valence-corrected chi connectivity index (χ3v) is 4.66. The van der Waals surface area contributed by atoms with Gasteiger partial charge >= 0.3 is 0 Å². The highest BCUT2D eigenvalue weighted by atomic mass is 16.5. The van der Waals surface area contributed by atoms with Crippen LogP contribution >= 0.6 is 0 Å². The highest BCUT2D eigenvalue weighted by molar-refractivity contribution is 5.97. The van der Waals surface area contributed by atoms with Gasteiger partial charge in [-0.1, -0.05) is 12.1 Å². The highest BCUT2D eigenvalue weighted by Gasteiger charge is 2.33. The molecule has 2 heterocycles. The number of aromatic nitrogens is 1. The molecule has 1 aromatic carbocycles. The van der Waals surface area contributed by atoms with Crippen molar-refractivity contribution in [2.75, 3.05) is 18.6 Å². The lowest BCUT2D eigenvalue weighted by Crippen LogP contribution is -2.34. The van der Waals surface area contributed by atoms with Crippen molar-refractivity contribution in [1.29, 1.82) is 0 Å². The molecule has 1 atom stereocenters. The number of amides is 1. The van der Waals surface area contributed by atoms with Gasteiger partial charge in [0.2, 0.25) is 5.91 Å². The zero-order chi connectivity index (χ0) is 17.3. The monoisotopic (exact) mass is 326 g/mol. The van der Waals surface area contributed by atoms with Crippen LogP contribution in [-0.4, -0.2) is 24.1 Å². The molecule has 0 aliphatic carbocycles. The Balaban J connectivity index is 1.91. The zero-order valence-corrected chi connectivity index (χ0v) is 14.3. The van der Waals surface area contributed by atoms with Crippen molar-refractivity contribution in [3.63, 3.8) is 0 Å². The maximum atomic E-state index is 12.6. The van der Waals surface area contributed by atoms with Crippen LogP contribution in [0.1, 0.15) is 30.4 Å². The molecule has 126 valence electrons. The first-order valence-corrected chi connectivity index (χ1v) is 8.19. The van der Waals surface area contributed by atoms with Crippen molar-refractivity contribution in [2.24, 2.45) is 0 Å². The maximum Gasteiger partial charge on any atom is 0.274 e. The fourth-order valence-electron chi connectivity index (χ4n) is 3.25. The predicted octanol–water partition coefficient (Wildman–Crippen LogP) is 2.71. The SMILES string of the molecule is CCn1ccc(C)c(N2C[C@@H](c3ccc(OC)cc3)CC2=O)c1=O. The van der Waals surface area contributed by atoms with E-state index < -0.39 is 0 Å². The second-order valence-electron chi connectivity index (χ2n) is 6.12. The van der Waals surface area contributed by atoms with Gasteiger partial charge in [-0.2, -0.15) is 0 Å². The Morgan fingerprint density at radius 2 is 1.88 bits per heavy atom. The summed E-state index contributed by atoms with van der Waals surface area (Å²) in [7, 11) is 1.63. The fourth-order valence-corrected chi connectivity index (χ4v) is 3.25. The van der Waals surface area contributed by atoms with Gasteiger partial charge in [-0.15, -0.1) is 0 Å². The summed E-state index contributed by atoms with van der Waals surface area (Å²) in [6, 6.07) is 9.68. The van der Waals surface area contributed by atoms with Gasteiger partial charge in [0.15, 0.2) is 0 Å². The average Bonchev–Trinajstić information content (AvgIpc) is 2.97. The number of ether oxygens (including phenoxy) is 1. The number of hydrogen-bond donors (Lipinski definition) is 0. The summed E-state index contributed by atoms with van der Waals surface area (Å²) in [6.45, 7) is 4.93. The standard InChI is InChI=1S/C19H22N2O3/c1-4-20-10-9-13(2)18(19(20)23)21-12-15(11-17(21)22)14-5-7-16(24-3)8-6-14/h5-10,15H,4,11-12H2,1-3H3/t15-/m0/s1. The molecule has 5 heteroatoms. The Morgan fingerprint density at radius 1 is 1.17 bits per heavy atom. The van der Waals surface area contributed by atoms with Crippen LogP contribution in [0.3, 0.4) is 0 Å². The fraction of sp³-hybridized carbons (Fsp3) is 0.368. The Morgan fingerprint density at radius 3 is 2.50 bits per heavy atom. The van der Waals surface area contributed by atoms with E-state index in [0.29, 0.717) is 25.2 Å². The minimum Gasteiger partial charge on any atom is -0.497 e. The minimum absolute atomic E-state index is 0.00451. The van der Waals surface area contributed by atoms with E-state index in [1.165, 1.54) is 0 Å². The summed E-state index contributed by atoms with van der Waals surface area (Å²) >= 11 is 0. The molecule has 0 radical (unpaired) electrons. The van der Waals surface area contributed by atoms with Gasteiger partial charge < -0.3 is 14.2 Å². The van der Waals surface area contributed by atoms with Crippen LogP contribution in [-0.2, 0) is 11.3 Å². The van der Waals surface area contributed by atoms with E-state index in [-0.39, 0.29) is 17.4 Å². The first-order chi connectivity index (χ1) is 11.5. The summed E-state index contributed by atoms with van der Waals surface area (Å²) in [6.07, 6.45) is 2.20. The molecule has 0 bridgehead atoms. The van der Waals surface area contributed by atoms with Gasteiger partial charge in [0.25, 0.3) is 5.56 Å². The van der Waals surface area contributed by atoms with Crippen molar-refractivity contribution in [2.45, 2.75) is 32.7 Å². The lowest BCUT2D eigenvalue weighted by molar-refractivity contribution is -0.117. The first-order valence-electron chi connectivity index (χ1n) is 8.19. The number of hydrogen-bond acceptors (Lipinski definition) is 3. The lowest BCUT2D eigenvalue weighted by atomic mass is 9.98. The van der Waals surface area contributed by atoms with Crippen molar-refractivity contribution in [3.05, 3.63) is 58.0 Å². The molecule has 1 fully saturated rings. The van der Waals surface area contributed by atoms with Crippen LogP contribution in [0.4, 0.5) is 5.69 Å². The molecule has 2 aromatic rings. The number of anilines is 1. The number of benzene rings is 1. The number of methoxy groups -OCH3 is 1. The third-order valence-electron chi connectivity index (χ3n) is 4.66. The molecule has 1 aliphatic heterocycles. The second kappa shape index (κ2) is 6.51. The molecule has 0 spiro atoms. The van der Waals surface area contributed by atoms with E-state index in [9.17, 15) is 9.59 Å². The molecule has 0 saturated carbocycles. The van der Waals surface area contributed by atoms with Crippen LogP contribution in [0.2, 0.25) is 0 Å². The smallest absolute Gasteiger partial charge is 0.274 e. The largest absolute Gasteiger partial charge is 0.497 e. The molecule has 1 aliphatic rings. The molecule has 1 aromatic heterocycles. The second-order valence-corrected chi connectivity index (χ2v) is 6.12. The van der Waals surface area contributed by atoms with Gasteiger partial charge in [-0.3, -0.25) is 9.59 Å². The Hall–Kier alpha value is -2.56. The maximum absolute atomic E-state index is 12.6. The molecule has 1 saturated heterocycles. The lowest BCUT2D eigenvalue weighted by Gasteiger charge is -2.19. The minimum atomic E-state index is -0.0961. The summed E-state index contributed by atoms with van der Waals surface area (Å²) in [5.74, 6) is 0.895. The number of carbonyl (C=O) groups is 1. The van der Waals surface area contributed by atoms with Gasteiger partial charge in [-0.05, 0) is 43.2 Å². The first kappa shape index (κ1) is 16.3. The van der Waals surface area contributed by atoms with E-state index >= 15 is 0 Å². The third kappa shape index (κ3) is 2.82. The van der Waals surface area contributed by atoms with Gasteiger partial charge in [0, 0.05) is 31.6 Å². The molecule has 1 amide bonds. The Labute approximate surface area is 141 Å². The van der Waals surface area contributed by atoms with Gasteiger partial charge in [0.05, 0.1) is 7.11 Å². The quantitative estimate of drug-likeness (QED) is 0.868. The molecule has 0 unspecified atom stereocenters. The number of pyridine rings is 1. The van der Waals surface area contributed by atoms with E-state index in [1.54, 1.807) is 22.8 Å². The number of aryl methyl sites for hydroxylation is 2. The Kier molecular flexibility index (Phi) is 4.42. The number of carbonyl (C=O) groups excluding carboxylic acids is 1. The Bertz CT molecular complexity index is 808. The van der Waals surface area contributed by atoms with Crippen molar-refractivity contribution in [3.8, 4) is 5.75 Å². The van der Waals surface area contributed by atoms with E-state index in [4.69, 9.17) is 4.74 Å². The normalized spacial score (nSPS) is 17.4. The number of nitrogens with zero attached hydrogens (tertiary/aromatic N) is 2. The topological polar surface area (TPSA) is 51.5 Å². The van der Waals surface area contributed by atoms with Crippen LogP contribution in [0.15, 0.2) is 41.3 Å². The van der Waals surface area contributed by atoms with Crippen molar-refractivity contribution < 1.29 is 9.53 Å². The van der Waals surface area contributed by atoms with Crippen LogP contribution in [0, 0.1) is 6.92 Å². The van der Waals surface area contributed by atoms with Crippen molar-refractivity contribution in [1.82, 2.24) is 4.57 Å². The van der Waals surface area contributed by atoms with E-state index in [0.717, 1.165) is 16.9 Å². The van der Waals surface area contributed by atoms with Crippen LogP contribution < -0.4 is 15.2 Å². The van der Waals surface area contributed by atoms with E-state index in [2.05, 4.69) is 0 Å². The van der Waals surface area contributed by atoms with Crippen LogP contribution in [0.25, 0.3) is 0 Å². The van der Waals surface area contributed by atoms with Gasteiger partial charge in [-0.25, -0.2) is 0 Å². The van der Waals surface area contributed by atoms with Gasteiger partial charge in [0.1, 0.15) is 11.4 Å². The average molecular weight is 326 g/mol. The summed E-state index contributed by atoms with van der Waals surface area (Å²) in [5.41, 5.74) is 2.35. The predicted molar refractivity (Wildman–Crippen MR) is 93.8 cm³/mol. The molecular weight excluding hydrogens is 304 g/mol. The highest BCUT2D eigenvalue weighted by Crippen LogP contribution is 2.32. The zero-order valence-electron chi connectivity index (χ0n) is 14.3. The van der Waals surface area contributed by atoms with Crippen LogP contribution in [0.5, 0.6) is 5.75 Å². The summed E-state index contributed by atoms with van der Waals surface area (Å²) in [4.78, 5) is 26.8. The molecule has 3 rings (SSSR count). The molecule has 5 nitrogen and oxygen atoms in total. The summed E-state index contributed by atoms with van der Waals surface area (Å²) < 4.78 is 6.81. The van der Waals surface area contributed by atoms with Crippen molar-refractivity contribution >= 4 is 11.6 Å².